The number of ether oxygens (including phenoxy) is 1. The first-order valence-electron chi connectivity index (χ1n) is 6.68. The van der Waals surface area contributed by atoms with Crippen molar-refractivity contribution in [2.45, 2.75) is 6.92 Å². The van der Waals surface area contributed by atoms with Crippen LogP contribution >= 0.6 is 11.6 Å². The summed E-state index contributed by atoms with van der Waals surface area (Å²) in [6.45, 7) is 1.63. The lowest BCUT2D eigenvalue weighted by atomic mass is 10.2. The maximum atomic E-state index is 11.6. The van der Waals surface area contributed by atoms with Gasteiger partial charge in [-0.1, -0.05) is 11.6 Å². The molecule has 7 heteroatoms. The molecule has 0 fully saturated rings. The summed E-state index contributed by atoms with van der Waals surface area (Å²) in [5, 5.41) is 22.9. The summed E-state index contributed by atoms with van der Waals surface area (Å²) in [6.07, 6.45) is 1.34. The second-order valence-electron chi connectivity index (χ2n) is 4.74. The molecule has 0 spiro atoms. The Labute approximate surface area is 138 Å². The molecule has 23 heavy (non-hydrogen) atoms. The largest absolute Gasteiger partial charge is 0.504 e. The van der Waals surface area contributed by atoms with Crippen LogP contribution in [0.1, 0.15) is 11.1 Å². The molecule has 1 amide bonds. The van der Waals surface area contributed by atoms with Crippen LogP contribution in [0.15, 0.2) is 41.5 Å². The van der Waals surface area contributed by atoms with E-state index < -0.39 is 5.91 Å². The lowest BCUT2D eigenvalue weighted by molar-refractivity contribution is -0.123. The van der Waals surface area contributed by atoms with Crippen molar-refractivity contribution in [2.75, 3.05) is 6.61 Å². The minimum Gasteiger partial charge on any atom is -0.504 e. The maximum Gasteiger partial charge on any atom is 0.277 e. The van der Waals surface area contributed by atoms with Gasteiger partial charge in [0.1, 0.15) is 5.75 Å². The summed E-state index contributed by atoms with van der Waals surface area (Å²) in [4.78, 5) is 11.6. The average molecular weight is 335 g/mol. The highest BCUT2D eigenvalue weighted by atomic mass is 35.5. The van der Waals surface area contributed by atoms with E-state index in [4.69, 9.17) is 16.3 Å². The molecular formula is C16H15ClN2O4. The number of aryl methyl sites for hydroxylation is 1. The molecule has 0 radical (unpaired) electrons. The first kappa shape index (κ1) is 16.6. The maximum absolute atomic E-state index is 11.6. The summed E-state index contributed by atoms with van der Waals surface area (Å²) in [5.41, 5.74) is 3.65. The minimum atomic E-state index is -0.432. The molecule has 0 bridgehead atoms. The zero-order valence-electron chi connectivity index (χ0n) is 12.3. The van der Waals surface area contributed by atoms with Gasteiger partial charge in [-0.2, -0.15) is 5.10 Å². The van der Waals surface area contributed by atoms with Crippen LogP contribution in [0, 0.1) is 6.92 Å². The fourth-order valence-corrected chi connectivity index (χ4v) is 1.98. The molecule has 0 atom stereocenters. The molecule has 2 aromatic carbocycles. The molecule has 0 saturated carbocycles. The number of phenols is 2. The molecule has 0 saturated heterocycles. The number of hydrogen-bond acceptors (Lipinski definition) is 5. The molecule has 0 aliphatic heterocycles. The Bertz CT molecular complexity index is 747. The zero-order valence-corrected chi connectivity index (χ0v) is 13.0. The van der Waals surface area contributed by atoms with Gasteiger partial charge in [-0.15, -0.1) is 0 Å². The normalized spacial score (nSPS) is 10.7. The third-order valence-electron chi connectivity index (χ3n) is 2.90. The van der Waals surface area contributed by atoms with Crippen LogP contribution < -0.4 is 10.2 Å². The Morgan fingerprint density at radius 1 is 1.26 bits per heavy atom. The Balaban J connectivity index is 1.85. The first-order valence-corrected chi connectivity index (χ1v) is 7.06. The lowest BCUT2D eigenvalue weighted by Crippen LogP contribution is -2.24. The van der Waals surface area contributed by atoms with Crippen LogP contribution in [0.25, 0.3) is 0 Å². The lowest BCUT2D eigenvalue weighted by Gasteiger charge is -2.08. The Kier molecular flexibility index (Phi) is 5.43. The predicted molar refractivity (Wildman–Crippen MR) is 87.2 cm³/mol. The van der Waals surface area contributed by atoms with E-state index >= 15 is 0 Å². The molecule has 0 unspecified atom stereocenters. The monoisotopic (exact) mass is 334 g/mol. The van der Waals surface area contributed by atoms with Crippen molar-refractivity contribution in [3.8, 4) is 17.2 Å². The topological polar surface area (TPSA) is 91.2 Å². The van der Waals surface area contributed by atoms with E-state index in [9.17, 15) is 15.0 Å². The number of phenolic OH excluding ortho intramolecular Hbond substituents is 2. The van der Waals surface area contributed by atoms with Crippen molar-refractivity contribution < 1.29 is 19.7 Å². The molecule has 2 rings (SSSR count). The van der Waals surface area contributed by atoms with E-state index in [2.05, 4.69) is 10.5 Å². The van der Waals surface area contributed by atoms with Crippen LogP contribution in [-0.4, -0.2) is 28.9 Å². The van der Waals surface area contributed by atoms with Gasteiger partial charge in [0, 0.05) is 5.02 Å². The standard InChI is InChI=1S/C16H15ClN2O4/c1-10-6-12(17)3-5-15(10)23-9-16(22)19-18-8-11-2-4-13(20)14(21)7-11/h2-8,20-21H,9H2,1H3,(H,19,22). The van der Waals surface area contributed by atoms with Crippen LogP contribution in [0.4, 0.5) is 0 Å². The van der Waals surface area contributed by atoms with Gasteiger partial charge in [0.15, 0.2) is 18.1 Å². The highest BCUT2D eigenvalue weighted by Crippen LogP contribution is 2.24. The fourth-order valence-electron chi connectivity index (χ4n) is 1.75. The highest BCUT2D eigenvalue weighted by molar-refractivity contribution is 6.30. The summed E-state index contributed by atoms with van der Waals surface area (Å²) in [7, 11) is 0. The van der Waals surface area contributed by atoms with Gasteiger partial charge in [-0.05, 0) is 54.4 Å². The third kappa shape index (κ3) is 4.89. The number of carbonyl (C=O) groups excluding carboxylic acids is 1. The first-order chi connectivity index (χ1) is 11.0. The van der Waals surface area contributed by atoms with Crippen molar-refractivity contribution >= 4 is 23.7 Å². The second kappa shape index (κ2) is 7.51. The van der Waals surface area contributed by atoms with Crippen molar-refractivity contribution in [1.82, 2.24) is 5.43 Å². The fraction of sp³-hybridized carbons (Fsp3) is 0.125. The number of aromatic hydroxyl groups is 2. The van der Waals surface area contributed by atoms with E-state index in [1.807, 2.05) is 6.92 Å². The van der Waals surface area contributed by atoms with E-state index in [-0.39, 0.29) is 18.1 Å². The molecule has 0 heterocycles. The molecule has 6 nitrogen and oxygen atoms in total. The SMILES string of the molecule is Cc1cc(Cl)ccc1OCC(=O)NN=Cc1ccc(O)c(O)c1. The number of nitrogens with zero attached hydrogens (tertiary/aromatic N) is 1. The van der Waals surface area contributed by atoms with Crippen molar-refractivity contribution in [2.24, 2.45) is 5.10 Å². The Hall–Kier alpha value is -2.73. The average Bonchev–Trinajstić information content (AvgIpc) is 2.50. The van der Waals surface area contributed by atoms with E-state index in [0.29, 0.717) is 16.3 Å². The van der Waals surface area contributed by atoms with Crippen molar-refractivity contribution in [1.29, 1.82) is 0 Å². The number of carbonyl (C=O) groups is 1. The number of halogens is 1. The number of rotatable bonds is 5. The molecule has 0 aliphatic rings. The van der Waals surface area contributed by atoms with Crippen LogP contribution in [0.5, 0.6) is 17.2 Å². The summed E-state index contributed by atoms with van der Waals surface area (Å²) in [5.74, 6) is -0.352. The summed E-state index contributed by atoms with van der Waals surface area (Å²) >= 11 is 5.84. The summed E-state index contributed by atoms with van der Waals surface area (Å²) < 4.78 is 5.37. The van der Waals surface area contributed by atoms with Gasteiger partial charge < -0.3 is 14.9 Å². The van der Waals surface area contributed by atoms with E-state index in [1.165, 1.54) is 24.4 Å². The number of amides is 1. The predicted octanol–water partition coefficient (Wildman–Crippen LogP) is 2.59. The van der Waals surface area contributed by atoms with Crippen LogP contribution in [0.2, 0.25) is 5.02 Å². The van der Waals surface area contributed by atoms with Crippen molar-refractivity contribution in [3.05, 3.63) is 52.5 Å². The van der Waals surface area contributed by atoms with Gasteiger partial charge in [-0.3, -0.25) is 4.79 Å². The number of hydrazone groups is 1. The Morgan fingerprint density at radius 2 is 2.04 bits per heavy atom. The van der Waals surface area contributed by atoms with Gasteiger partial charge in [0.2, 0.25) is 0 Å². The minimum absolute atomic E-state index is 0.194. The highest BCUT2D eigenvalue weighted by Gasteiger charge is 2.04. The molecule has 120 valence electrons. The Morgan fingerprint density at radius 3 is 2.74 bits per heavy atom. The van der Waals surface area contributed by atoms with E-state index in [1.54, 1.807) is 18.2 Å². The van der Waals surface area contributed by atoms with Gasteiger partial charge in [0.25, 0.3) is 5.91 Å². The van der Waals surface area contributed by atoms with E-state index in [0.717, 1.165) is 5.56 Å². The third-order valence-corrected chi connectivity index (χ3v) is 3.13. The number of nitrogens with one attached hydrogen (secondary N) is 1. The van der Waals surface area contributed by atoms with Gasteiger partial charge in [0.05, 0.1) is 6.21 Å². The van der Waals surface area contributed by atoms with Crippen molar-refractivity contribution in [3.63, 3.8) is 0 Å². The molecular weight excluding hydrogens is 320 g/mol. The summed E-state index contributed by atoms with van der Waals surface area (Å²) in [6, 6.07) is 9.29. The smallest absolute Gasteiger partial charge is 0.277 e. The van der Waals surface area contributed by atoms with Crippen LogP contribution in [-0.2, 0) is 4.79 Å². The second-order valence-corrected chi connectivity index (χ2v) is 5.18. The number of benzene rings is 2. The van der Waals surface area contributed by atoms with Crippen LogP contribution in [0.3, 0.4) is 0 Å². The zero-order chi connectivity index (χ0) is 16.8. The van der Waals surface area contributed by atoms with Gasteiger partial charge in [-0.25, -0.2) is 5.43 Å². The quantitative estimate of drug-likeness (QED) is 0.445. The molecule has 3 N–H and O–H groups in total. The molecule has 2 aromatic rings. The molecule has 0 aliphatic carbocycles. The van der Waals surface area contributed by atoms with Gasteiger partial charge >= 0.3 is 0 Å². The number of hydrogen-bond donors (Lipinski definition) is 3. The molecule has 0 aromatic heterocycles.